The fourth-order valence-corrected chi connectivity index (χ4v) is 3.40. The quantitative estimate of drug-likeness (QED) is 0.671. The maximum Gasteiger partial charge on any atom is 0.173 e. The van der Waals surface area contributed by atoms with Gasteiger partial charge in [0.15, 0.2) is 5.75 Å². The molecule has 5 heteroatoms. The van der Waals surface area contributed by atoms with Gasteiger partial charge in [0.2, 0.25) is 0 Å². The molecule has 116 valence electrons. The fourth-order valence-electron chi connectivity index (χ4n) is 2.48. The van der Waals surface area contributed by atoms with Crippen LogP contribution < -0.4 is 9.79 Å². The summed E-state index contributed by atoms with van der Waals surface area (Å²) in [5.41, 5.74) is 4.38. The van der Waals surface area contributed by atoms with Gasteiger partial charge in [0.05, 0.1) is 10.2 Å². The van der Waals surface area contributed by atoms with E-state index < -0.39 is 0 Å². The van der Waals surface area contributed by atoms with Crippen LogP contribution in [-0.4, -0.2) is 19.1 Å². The molecule has 0 amide bonds. The van der Waals surface area contributed by atoms with Crippen molar-refractivity contribution >= 4 is 39.4 Å². The number of thiazole rings is 1. The smallest absolute Gasteiger partial charge is 0.173 e. The molecule has 4 rings (SSSR count). The number of hydrogen-bond donors (Lipinski definition) is 0. The van der Waals surface area contributed by atoms with Gasteiger partial charge in [-0.05, 0) is 29.8 Å². The number of nitrogens with zero attached hydrogens (tertiary/aromatic N) is 2. The highest BCUT2D eigenvalue weighted by Gasteiger charge is 2.16. The molecule has 4 nitrogen and oxygen atoms in total. The third kappa shape index (κ3) is 2.81. The van der Waals surface area contributed by atoms with Crippen molar-refractivity contribution in [1.82, 2.24) is 4.98 Å². The van der Waals surface area contributed by atoms with Gasteiger partial charge in [-0.25, -0.2) is 4.98 Å². The first-order valence-electron chi connectivity index (χ1n) is 7.37. The molecule has 0 saturated heterocycles. The Bertz CT molecular complexity index is 841. The van der Waals surface area contributed by atoms with E-state index in [-0.39, 0.29) is 0 Å². The molecule has 0 saturated carbocycles. The second-order valence-corrected chi connectivity index (χ2v) is 6.71. The Balaban J connectivity index is 1.59. The minimum absolute atomic E-state index is 0.507. The molecule has 1 aromatic heterocycles. The Morgan fingerprint density at radius 2 is 1.96 bits per heavy atom. The Morgan fingerprint density at radius 1 is 1.13 bits per heavy atom. The van der Waals surface area contributed by atoms with Crippen molar-refractivity contribution in [3.63, 3.8) is 0 Å². The summed E-state index contributed by atoms with van der Waals surface area (Å²) in [6.45, 7) is 0.507. The van der Waals surface area contributed by atoms with Gasteiger partial charge in [0.25, 0.3) is 0 Å². The lowest BCUT2D eigenvalue weighted by Gasteiger charge is -2.11. The van der Waals surface area contributed by atoms with Crippen LogP contribution in [0.5, 0.6) is 5.75 Å². The highest BCUT2D eigenvalue weighted by atomic mass is 32.1. The van der Waals surface area contributed by atoms with Crippen molar-refractivity contribution in [2.45, 2.75) is 6.61 Å². The Hall–Kier alpha value is -2.37. The van der Waals surface area contributed by atoms with E-state index in [1.54, 1.807) is 11.3 Å². The summed E-state index contributed by atoms with van der Waals surface area (Å²) in [7, 11) is 4.08. The summed E-state index contributed by atoms with van der Waals surface area (Å²) in [5, 5.41) is 0.987. The second kappa shape index (κ2) is 5.68. The zero-order valence-corrected chi connectivity index (χ0v) is 13.8. The van der Waals surface area contributed by atoms with E-state index in [1.165, 1.54) is 5.69 Å². The predicted molar refractivity (Wildman–Crippen MR) is 94.7 cm³/mol. The number of aromatic nitrogens is 1. The Labute approximate surface area is 138 Å². The molecule has 0 bridgehead atoms. The summed E-state index contributed by atoms with van der Waals surface area (Å²) in [6, 6.07) is 12.5. The lowest BCUT2D eigenvalue weighted by Crippen LogP contribution is -2.07. The van der Waals surface area contributed by atoms with Gasteiger partial charge in [-0.3, -0.25) is 0 Å². The average molecular weight is 324 g/mol. The molecule has 1 aliphatic rings. The first kappa shape index (κ1) is 14.2. The third-order valence-electron chi connectivity index (χ3n) is 3.78. The number of fused-ring (bicyclic) bond motifs is 2. The second-order valence-electron chi connectivity index (χ2n) is 5.64. The highest BCUT2D eigenvalue weighted by Crippen LogP contribution is 2.33. The Morgan fingerprint density at radius 3 is 2.74 bits per heavy atom. The van der Waals surface area contributed by atoms with Crippen molar-refractivity contribution in [1.29, 1.82) is 0 Å². The summed E-state index contributed by atoms with van der Waals surface area (Å²) in [4.78, 5) is 16.8. The van der Waals surface area contributed by atoms with Crippen LogP contribution in [0.3, 0.4) is 0 Å². The van der Waals surface area contributed by atoms with Crippen LogP contribution in [0.1, 0.15) is 16.1 Å². The van der Waals surface area contributed by atoms with E-state index >= 15 is 0 Å². The fraction of sp³-hybridized carbons (Fsp3) is 0.167. The van der Waals surface area contributed by atoms with Gasteiger partial charge < -0.3 is 9.79 Å². The van der Waals surface area contributed by atoms with E-state index in [1.807, 2.05) is 20.2 Å². The molecule has 23 heavy (non-hydrogen) atoms. The minimum Gasteiger partial charge on any atom is -0.378 e. The molecule has 1 aliphatic heterocycles. The van der Waals surface area contributed by atoms with Crippen LogP contribution >= 0.6 is 11.3 Å². The van der Waals surface area contributed by atoms with Gasteiger partial charge in [-0.2, -0.15) is 4.89 Å². The monoisotopic (exact) mass is 324 g/mol. The highest BCUT2D eigenvalue weighted by molar-refractivity contribution is 7.19. The SMILES string of the molecule is CN(C)c1ccc(/C=C/c2nc3cc4c(cc3s2)COO4)cc1. The van der Waals surface area contributed by atoms with Crippen LogP contribution in [0.4, 0.5) is 5.69 Å². The molecule has 3 aromatic rings. The number of hydrogen-bond acceptors (Lipinski definition) is 5. The van der Waals surface area contributed by atoms with Crippen LogP contribution in [0, 0.1) is 0 Å². The first-order valence-corrected chi connectivity index (χ1v) is 8.19. The molecule has 0 atom stereocenters. The Kier molecular flexibility index (Phi) is 3.52. The largest absolute Gasteiger partial charge is 0.378 e. The standard InChI is InChI=1S/C18H16N2O2S/c1-20(2)14-6-3-12(4-7-14)5-8-18-19-15-10-16-13(11-21-22-16)9-17(15)23-18/h3-10H,11H2,1-2H3/b8-5+. The maximum atomic E-state index is 5.12. The van der Waals surface area contributed by atoms with E-state index in [2.05, 4.69) is 52.4 Å². The van der Waals surface area contributed by atoms with Gasteiger partial charge in [-0.15, -0.1) is 11.3 Å². The zero-order chi connectivity index (χ0) is 15.8. The summed E-state index contributed by atoms with van der Waals surface area (Å²) >= 11 is 1.67. The maximum absolute atomic E-state index is 5.12. The lowest BCUT2D eigenvalue weighted by atomic mass is 10.2. The van der Waals surface area contributed by atoms with Crippen molar-refractivity contribution in [2.24, 2.45) is 0 Å². The average Bonchev–Trinajstić information content (AvgIpc) is 3.16. The van der Waals surface area contributed by atoms with Crippen LogP contribution in [0.15, 0.2) is 36.4 Å². The van der Waals surface area contributed by atoms with Crippen LogP contribution in [0.25, 0.3) is 22.4 Å². The van der Waals surface area contributed by atoms with Crippen molar-refractivity contribution in [3.05, 3.63) is 52.5 Å². The molecule has 0 unspecified atom stereocenters. The van der Waals surface area contributed by atoms with Crippen molar-refractivity contribution in [2.75, 3.05) is 19.0 Å². The molecule has 0 N–H and O–H groups in total. The van der Waals surface area contributed by atoms with E-state index in [0.717, 1.165) is 32.1 Å². The minimum atomic E-state index is 0.507. The number of anilines is 1. The molecular weight excluding hydrogens is 308 g/mol. The molecule has 0 aliphatic carbocycles. The topological polar surface area (TPSA) is 34.6 Å². The number of benzene rings is 2. The molecule has 2 heterocycles. The molecular formula is C18H16N2O2S. The van der Waals surface area contributed by atoms with Gasteiger partial charge in [-0.1, -0.05) is 18.2 Å². The van der Waals surface area contributed by atoms with Crippen molar-refractivity contribution in [3.8, 4) is 5.75 Å². The molecule has 2 aromatic carbocycles. The van der Waals surface area contributed by atoms with E-state index in [4.69, 9.17) is 9.78 Å². The summed E-state index contributed by atoms with van der Waals surface area (Å²) in [6.07, 6.45) is 4.14. The normalized spacial score (nSPS) is 13.5. The molecule has 0 radical (unpaired) electrons. The summed E-state index contributed by atoms with van der Waals surface area (Å²) in [5.74, 6) is 0.776. The molecule has 0 spiro atoms. The summed E-state index contributed by atoms with van der Waals surface area (Å²) < 4.78 is 1.15. The first-order chi connectivity index (χ1) is 11.2. The third-order valence-corrected chi connectivity index (χ3v) is 4.76. The van der Waals surface area contributed by atoms with E-state index in [9.17, 15) is 0 Å². The van der Waals surface area contributed by atoms with Crippen LogP contribution in [0.2, 0.25) is 0 Å². The van der Waals surface area contributed by atoms with Gasteiger partial charge >= 0.3 is 0 Å². The van der Waals surface area contributed by atoms with Gasteiger partial charge in [0, 0.05) is 31.4 Å². The molecule has 0 fully saturated rings. The van der Waals surface area contributed by atoms with Gasteiger partial charge in [0.1, 0.15) is 11.6 Å². The zero-order valence-electron chi connectivity index (χ0n) is 12.9. The van der Waals surface area contributed by atoms with Crippen molar-refractivity contribution < 1.29 is 9.78 Å². The van der Waals surface area contributed by atoms with Crippen LogP contribution in [-0.2, 0) is 11.5 Å². The lowest BCUT2D eigenvalue weighted by molar-refractivity contribution is -0.194. The number of rotatable bonds is 3. The predicted octanol–water partition coefficient (Wildman–Crippen LogP) is 4.36. The van der Waals surface area contributed by atoms with E-state index in [0.29, 0.717) is 6.61 Å².